The Morgan fingerprint density at radius 3 is 2.66 bits per heavy atom. The van der Waals surface area contributed by atoms with E-state index in [1.54, 1.807) is 6.07 Å². The third-order valence-electron chi connectivity index (χ3n) is 5.34. The molecule has 1 heterocycles. The molecule has 1 aliphatic rings. The topological polar surface area (TPSA) is 61.4 Å². The van der Waals surface area contributed by atoms with Gasteiger partial charge in [-0.05, 0) is 56.5 Å². The lowest BCUT2D eigenvalue weighted by Gasteiger charge is -2.37. The quantitative estimate of drug-likeness (QED) is 0.746. The Kier molecular flexibility index (Phi) is 7.29. The number of hydrogen-bond donors (Lipinski definition) is 2. The number of halogens is 1. The van der Waals surface area contributed by atoms with Crippen molar-refractivity contribution in [2.75, 3.05) is 25.0 Å². The second kappa shape index (κ2) is 9.90. The van der Waals surface area contributed by atoms with Gasteiger partial charge in [0.1, 0.15) is 6.04 Å². The molecule has 0 spiro atoms. The van der Waals surface area contributed by atoms with Crippen LogP contribution in [0.1, 0.15) is 36.9 Å². The smallest absolute Gasteiger partial charge is 0.246 e. The molecule has 0 aromatic heterocycles. The number of likely N-dealkylation sites (tertiary alicyclic amines) is 1. The highest BCUT2D eigenvalue weighted by molar-refractivity contribution is 6.31. The van der Waals surface area contributed by atoms with Crippen molar-refractivity contribution in [1.29, 1.82) is 0 Å². The number of nitrogens with one attached hydrogen (secondary N) is 2. The second-order valence-electron chi connectivity index (χ2n) is 7.50. The number of aryl methyl sites for hydroxylation is 1. The molecule has 154 valence electrons. The Hall–Kier alpha value is -2.37. The molecular formula is C23H28ClN3O2. The molecule has 0 saturated carbocycles. The van der Waals surface area contributed by atoms with Gasteiger partial charge in [0.05, 0.1) is 5.92 Å². The molecule has 1 fully saturated rings. The standard InChI is InChI=1S/C23H28ClN3O2/c1-3-25-22(28)18-10-7-13-27(15-18)21(17-8-5-4-6-9-17)23(29)26-19-12-11-16(2)20(24)14-19/h4-6,8-9,11-12,14,18,21H,3,7,10,13,15H2,1-2H3,(H,25,28)(H,26,29). The molecule has 1 aliphatic heterocycles. The van der Waals surface area contributed by atoms with Gasteiger partial charge in [-0.2, -0.15) is 0 Å². The summed E-state index contributed by atoms with van der Waals surface area (Å²) in [6.07, 6.45) is 1.73. The minimum atomic E-state index is -0.464. The van der Waals surface area contributed by atoms with E-state index in [2.05, 4.69) is 15.5 Å². The van der Waals surface area contributed by atoms with Crippen LogP contribution in [-0.4, -0.2) is 36.3 Å². The second-order valence-corrected chi connectivity index (χ2v) is 7.90. The summed E-state index contributed by atoms with van der Waals surface area (Å²) in [6, 6.07) is 14.8. The molecule has 2 unspecified atom stereocenters. The SMILES string of the molecule is CCNC(=O)C1CCCN(C(C(=O)Nc2ccc(C)c(Cl)c2)c2ccccc2)C1. The van der Waals surface area contributed by atoms with Crippen LogP contribution in [0.5, 0.6) is 0 Å². The van der Waals surface area contributed by atoms with Gasteiger partial charge in [-0.15, -0.1) is 0 Å². The minimum Gasteiger partial charge on any atom is -0.356 e. The maximum atomic E-state index is 13.3. The van der Waals surface area contributed by atoms with Crippen molar-refractivity contribution >= 4 is 29.1 Å². The summed E-state index contributed by atoms with van der Waals surface area (Å²) in [5.74, 6) is -0.154. The Bertz CT molecular complexity index is 856. The first-order valence-electron chi connectivity index (χ1n) is 10.1. The van der Waals surface area contributed by atoms with Crippen molar-refractivity contribution < 1.29 is 9.59 Å². The average Bonchev–Trinajstić information content (AvgIpc) is 2.72. The number of carbonyl (C=O) groups excluding carboxylic acids is 2. The predicted octanol–water partition coefficient (Wildman–Crippen LogP) is 4.18. The molecule has 3 rings (SSSR count). The first-order chi connectivity index (χ1) is 14.0. The van der Waals surface area contributed by atoms with Gasteiger partial charge in [0.2, 0.25) is 11.8 Å². The zero-order valence-electron chi connectivity index (χ0n) is 17.0. The predicted molar refractivity (Wildman–Crippen MR) is 117 cm³/mol. The average molecular weight is 414 g/mol. The highest BCUT2D eigenvalue weighted by Gasteiger charge is 2.34. The first kappa shape index (κ1) is 21.3. The Morgan fingerprint density at radius 2 is 1.97 bits per heavy atom. The molecule has 29 heavy (non-hydrogen) atoms. The van der Waals surface area contributed by atoms with E-state index in [4.69, 9.17) is 11.6 Å². The Morgan fingerprint density at radius 1 is 1.21 bits per heavy atom. The van der Waals surface area contributed by atoms with Crippen molar-refractivity contribution in [1.82, 2.24) is 10.2 Å². The number of benzene rings is 2. The van der Waals surface area contributed by atoms with Crippen LogP contribution in [0.25, 0.3) is 0 Å². The van der Waals surface area contributed by atoms with Gasteiger partial charge in [0.25, 0.3) is 0 Å². The normalized spacial score (nSPS) is 18.1. The fourth-order valence-electron chi connectivity index (χ4n) is 3.82. The van der Waals surface area contributed by atoms with E-state index in [1.807, 2.05) is 56.3 Å². The summed E-state index contributed by atoms with van der Waals surface area (Å²) in [6.45, 7) is 5.80. The van der Waals surface area contributed by atoms with Gasteiger partial charge < -0.3 is 10.6 Å². The molecule has 2 aromatic rings. The number of rotatable bonds is 6. The van der Waals surface area contributed by atoms with Gasteiger partial charge in [0.15, 0.2) is 0 Å². The van der Waals surface area contributed by atoms with E-state index in [0.717, 1.165) is 30.5 Å². The summed E-state index contributed by atoms with van der Waals surface area (Å²) >= 11 is 6.22. The third kappa shape index (κ3) is 5.37. The van der Waals surface area contributed by atoms with Crippen LogP contribution in [0.2, 0.25) is 5.02 Å². The van der Waals surface area contributed by atoms with Crippen LogP contribution in [0.15, 0.2) is 48.5 Å². The fourth-order valence-corrected chi connectivity index (χ4v) is 4.00. The molecule has 0 radical (unpaired) electrons. The maximum absolute atomic E-state index is 13.3. The van der Waals surface area contributed by atoms with Crippen LogP contribution in [0.4, 0.5) is 5.69 Å². The van der Waals surface area contributed by atoms with Crippen molar-refractivity contribution in [2.24, 2.45) is 5.92 Å². The van der Waals surface area contributed by atoms with Crippen LogP contribution >= 0.6 is 11.6 Å². The highest BCUT2D eigenvalue weighted by Crippen LogP contribution is 2.29. The van der Waals surface area contributed by atoms with E-state index in [1.165, 1.54) is 0 Å². The Balaban J connectivity index is 1.83. The van der Waals surface area contributed by atoms with E-state index in [-0.39, 0.29) is 17.7 Å². The molecule has 1 saturated heterocycles. The van der Waals surface area contributed by atoms with Gasteiger partial charge in [-0.25, -0.2) is 0 Å². The molecule has 0 bridgehead atoms. The lowest BCUT2D eigenvalue weighted by Crippen LogP contribution is -2.47. The summed E-state index contributed by atoms with van der Waals surface area (Å²) in [5.41, 5.74) is 2.55. The minimum absolute atomic E-state index is 0.0646. The van der Waals surface area contributed by atoms with Gasteiger partial charge >= 0.3 is 0 Å². The van der Waals surface area contributed by atoms with E-state index < -0.39 is 6.04 Å². The number of hydrogen-bond acceptors (Lipinski definition) is 3. The van der Waals surface area contributed by atoms with Crippen molar-refractivity contribution in [3.8, 4) is 0 Å². The molecule has 2 atom stereocenters. The number of piperidine rings is 1. The Labute approximate surface area is 177 Å². The van der Waals surface area contributed by atoms with Crippen LogP contribution in [0.3, 0.4) is 0 Å². The number of carbonyl (C=O) groups is 2. The molecule has 2 aromatic carbocycles. The zero-order valence-corrected chi connectivity index (χ0v) is 17.7. The van der Waals surface area contributed by atoms with Crippen LogP contribution in [0, 0.1) is 12.8 Å². The van der Waals surface area contributed by atoms with E-state index >= 15 is 0 Å². The van der Waals surface area contributed by atoms with Crippen LogP contribution < -0.4 is 10.6 Å². The van der Waals surface area contributed by atoms with Gasteiger partial charge in [0, 0.05) is 23.8 Å². The lowest BCUT2D eigenvalue weighted by molar-refractivity contribution is -0.129. The number of nitrogens with zero attached hydrogens (tertiary/aromatic N) is 1. The summed E-state index contributed by atoms with van der Waals surface area (Å²) in [4.78, 5) is 27.8. The van der Waals surface area contributed by atoms with Gasteiger partial charge in [-0.1, -0.05) is 48.0 Å². The number of anilines is 1. The first-order valence-corrected chi connectivity index (χ1v) is 10.5. The van der Waals surface area contributed by atoms with E-state index in [0.29, 0.717) is 23.8 Å². The monoisotopic (exact) mass is 413 g/mol. The molecule has 0 aliphatic carbocycles. The van der Waals surface area contributed by atoms with Crippen molar-refractivity contribution in [3.63, 3.8) is 0 Å². The largest absolute Gasteiger partial charge is 0.356 e. The summed E-state index contributed by atoms with van der Waals surface area (Å²) < 4.78 is 0. The molecule has 5 nitrogen and oxygen atoms in total. The third-order valence-corrected chi connectivity index (χ3v) is 5.75. The molecule has 2 N–H and O–H groups in total. The summed E-state index contributed by atoms with van der Waals surface area (Å²) in [7, 11) is 0. The van der Waals surface area contributed by atoms with Crippen LogP contribution in [-0.2, 0) is 9.59 Å². The number of amides is 2. The van der Waals surface area contributed by atoms with Crippen molar-refractivity contribution in [3.05, 3.63) is 64.7 Å². The maximum Gasteiger partial charge on any atom is 0.246 e. The molecule has 6 heteroatoms. The zero-order chi connectivity index (χ0) is 20.8. The van der Waals surface area contributed by atoms with Crippen molar-refractivity contribution in [2.45, 2.75) is 32.7 Å². The highest BCUT2D eigenvalue weighted by atomic mass is 35.5. The fraction of sp³-hybridized carbons (Fsp3) is 0.391. The van der Waals surface area contributed by atoms with E-state index in [9.17, 15) is 9.59 Å². The lowest BCUT2D eigenvalue weighted by atomic mass is 9.93. The summed E-state index contributed by atoms with van der Waals surface area (Å²) in [5, 5.41) is 6.54. The van der Waals surface area contributed by atoms with Gasteiger partial charge in [-0.3, -0.25) is 14.5 Å². The molecule has 2 amide bonds. The molecular weight excluding hydrogens is 386 g/mol.